The molecule has 0 radical (unpaired) electrons. The van der Waals surface area contributed by atoms with Gasteiger partial charge in [0.2, 0.25) is 0 Å². The number of aliphatic imine (C=N–C) groups is 1. The number of anilines is 1. The van der Waals surface area contributed by atoms with Crippen LogP contribution in [-0.4, -0.2) is 32.2 Å². The van der Waals surface area contributed by atoms with Gasteiger partial charge in [0.05, 0.1) is 19.2 Å². The van der Waals surface area contributed by atoms with E-state index in [-0.39, 0.29) is 6.04 Å². The van der Waals surface area contributed by atoms with E-state index in [0.29, 0.717) is 6.54 Å². The van der Waals surface area contributed by atoms with E-state index in [4.69, 9.17) is 9.73 Å². The number of nitrogens with zero attached hydrogens (tertiary/aromatic N) is 2. The minimum atomic E-state index is 0.213. The molecule has 5 nitrogen and oxygen atoms in total. The van der Waals surface area contributed by atoms with Gasteiger partial charge in [0.15, 0.2) is 5.96 Å². The fourth-order valence-electron chi connectivity index (χ4n) is 3.69. The maximum absolute atomic E-state index is 5.78. The van der Waals surface area contributed by atoms with Crippen molar-refractivity contribution in [1.82, 2.24) is 10.6 Å². The monoisotopic (exact) mass is 376 g/mol. The zero-order chi connectivity index (χ0) is 19.2. The predicted molar refractivity (Wildman–Crippen MR) is 115 cm³/mol. The second-order valence-corrected chi connectivity index (χ2v) is 7.11. The Hall–Kier alpha value is -2.95. The van der Waals surface area contributed by atoms with E-state index in [9.17, 15) is 0 Å². The summed E-state index contributed by atoms with van der Waals surface area (Å²) >= 11 is 0. The molecule has 2 aromatic carbocycles. The molecule has 2 aliphatic rings. The Bertz CT molecular complexity index is 853. The molecule has 0 amide bonds. The molecule has 4 rings (SSSR count). The maximum atomic E-state index is 5.78. The first kappa shape index (κ1) is 18.4. The summed E-state index contributed by atoms with van der Waals surface area (Å²) in [5.41, 5.74) is 3.67. The van der Waals surface area contributed by atoms with Crippen molar-refractivity contribution >= 4 is 11.6 Å². The van der Waals surface area contributed by atoms with Crippen LogP contribution in [0.25, 0.3) is 0 Å². The molecule has 2 heterocycles. The van der Waals surface area contributed by atoms with E-state index in [0.717, 1.165) is 44.4 Å². The Kier molecular flexibility index (Phi) is 5.80. The lowest BCUT2D eigenvalue weighted by Gasteiger charge is -2.28. The quantitative estimate of drug-likeness (QED) is 0.475. The molecule has 146 valence electrons. The summed E-state index contributed by atoms with van der Waals surface area (Å²) in [5, 5.41) is 6.97. The molecular formula is C23H28N4O. The SMILES string of the molecule is CCNC(=NCc1cccc(N2CC=CC2)c1)NC1CCOc2ccccc21. The lowest BCUT2D eigenvalue weighted by Crippen LogP contribution is -2.41. The summed E-state index contributed by atoms with van der Waals surface area (Å²) in [4.78, 5) is 7.19. The topological polar surface area (TPSA) is 48.9 Å². The first-order chi connectivity index (χ1) is 13.8. The molecule has 0 spiro atoms. The molecule has 1 atom stereocenters. The molecule has 0 bridgehead atoms. The van der Waals surface area contributed by atoms with E-state index in [2.05, 4.69) is 71.0 Å². The van der Waals surface area contributed by atoms with Crippen LogP contribution in [0, 0.1) is 0 Å². The smallest absolute Gasteiger partial charge is 0.192 e. The van der Waals surface area contributed by atoms with Gasteiger partial charge in [-0.15, -0.1) is 0 Å². The highest BCUT2D eigenvalue weighted by molar-refractivity contribution is 5.80. The molecule has 0 saturated carbocycles. The van der Waals surface area contributed by atoms with Crippen molar-refractivity contribution < 1.29 is 4.74 Å². The van der Waals surface area contributed by atoms with E-state index in [1.807, 2.05) is 12.1 Å². The van der Waals surface area contributed by atoms with Crippen LogP contribution in [0.2, 0.25) is 0 Å². The number of hydrogen-bond donors (Lipinski definition) is 2. The highest BCUT2D eigenvalue weighted by Gasteiger charge is 2.21. The molecule has 0 aromatic heterocycles. The Labute approximate surface area is 167 Å². The second-order valence-electron chi connectivity index (χ2n) is 7.11. The summed E-state index contributed by atoms with van der Waals surface area (Å²) in [6.45, 7) is 6.27. The van der Waals surface area contributed by atoms with Crippen molar-refractivity contribution in [3.05, 3.63) is 71.8 Å². The molecule has 5 heteroatoms. The largest absolute Gasteiger partial charge is 0.493 e. The van der Waals surface area contributed by atoms with Crippen molar-refractivity contribution in [1.29, 1.82) is 0 Å². The van der Waals surface area contributed by atoms with Crippen LogP contribution in [-0.2, 0) is 6.54 Å². The highest BCUT2D eigenvalue weighted by Crippen LogP contribution is 2.31. The van der Waals surface area contributed by atoms with Crippen LogP contribution in [0.5, 0.6) is 5.75 Å². The van der Waals surface area contributed by atoms with Gasteiger partial charge < -0.3 is 20.3 Å². The number of benzene rings is 2. The minimum Gasteiger partial charge on any atom is -0.493 e. The van der Waals surface area contributed by atoms with Crippen LogP contribution in [0.1, 0.15) is 30.5 Å². The van der Waals surface area contributed by atoms with Crippen molar-refractivity contribution in [2.45, 2.75) is 25.9 Å². The number of guanidine groups is 1. The summed E-state index contributed by atoms with van der Waals surface area (Å²) < 4.78 is 5.78. The predicted octanol–water partition coefficient (Wildman–Crippen LogP) is 3.64. The lowest BCUT2D eigenvalue weighted by molar-refractivity contribution is 0.261. The number of nitrogens with one attached hydrogen (secondary N) is 2. The first-order valence-electron chi connectivity index (χ1n) is 10.1. The molecule has 0 fully saturated rings. The number of hydrogen-bond acceptors (Lipinski definition) is 3. The second kappa shape index (κ2) is 8.83. The van der Waals surface area contributed by atoms with Gasteiger partial charge in [0.25, 0.3) is 0 Å². The molecule has 2 aromatic rings. The van der Waals surface area contributed by atoms with E-state index in [1.165, 1.54) is 16.8 Å². The van der Waals surface area contributed by atoms with Gasteiger partial charge in [-0.3, -0.25) is 0 Å². The fraction of sp³-hybridized carbons (Fsp3) is 0.348. The van der Waals surface area contributed by atoms with E-state index < -0.39 is 0 Å². The molecular weight excluding hydrogens is 348 g/mol. The average molecular weight is 377 g/mol. The third-order valence-electron chi connectivity index (χ3n) is 5.13. The third kappa shape index (κ3) is 4.30. The van der Waals surface area contributed by atoms with E-state index >= 15 is 0 Å². The first-order valence-corrected chi connectivity index (χ1v) is 10.1. The molecule has 1 unspecified atom stereocenters. The Morgan fingerprint density at radius 1 is 1.14 bits per heavy atom. The van der Waals surface area contributed by atoms with Crippen molar-refractivity contribution in [2.24, 2.45) is 4.99 Å². The van der Waals surface area contributed by atoms with Crippen LogP contribution in [0.3, 0.4) is 0 Å². The van der Waals surface area contributed by atoms with Crippen molar-refractivity contribution in [3.63, 3.8) is 0 Å². The number of fused-ring (bicyclic) bond motifs is 1. The molecule has 28 heavy (non-hydrogen) atoms. The number of rotatable bonds is 5. The van der Waals surface area contributed by atoms with Gasteiger partial charge in [-0.25, -0.2) is 4.99 Å². The summed E-state index contributed by atoms with van der Waals surface area (Å²) in [5.74, 6) is 1.81. The Morgan fingerprint density at radius 2 is 2.00 bits per heavy atom. The normalized spacial score (nSPS) is 18.5. The molecule has 2 aliphatic heterocycles. The Balaban J connectivity index is 1.46. The van der Waals surface area contributed by atoms with Gasteiger partial charge in [-0.1, -0.05) is 42.5 Å². The minimum absolute atomic E-state index is 0.213. The van der Waals surface area contributed by atoms with Gasteiger partial charge >= 0.3 is 0 Å². The highest BCUT2D eigenvalue weighted by atomic mass is 16.5. The average Bonchev–Trinajstić information content (AvgIpc) is 3.28. The molecule has 0 aliphatic carbocycles. The Morgan fingerprint density at radius 3 is 2.86 bits per heavy atom. The van der Waals surface area contributed by atoms with Gasteiger partial charge in [0, 0.05) is 37.3 Å². The van der Waals surface area contributed by atoms with Crippen LogP contribution >= 0.6 is 0 Å². The van der Waals surface area contributed by atoms with Crippen LogP contribution in [0.15, 0.2) is 65.7 Å². The maximum Gasteiger partial charge on any atom is 0.192 e. The van der Waals surface area contributed by atoms with Crippen molar-refractivity contribution in [2.75, 3.05) is 31.1 Å². The van der Waals surface area contributed by atoms with Crippen LogP contribution in [0.4, 0.5) is 5.69 Å². The van der Waals surface area contributed by atoms with Crippen molar-refractivity contribution in [3.8, 4) is 5.75 Å². The summed E-state index contributed by atoms with van der Waals surface area (Å²) in [6.07, 6.45) is 5.35. The zero-order valence-corrected chi connectivity index (χ0v) is 16.4. The van der Waals surface area contributed by atoms with E-state index in [1.54, 1.807) is 0 Å². The number of ether oxygens (including phenoxy) is 1. The standard InChI is InChI=1S/C23H28N4O/c1-2-24-23(26-21-12-15-28-22-11-4-3-10-20(21)22)25-17-18-8-7-9-19(16-18)27-13-5-6-14-27/h3-11,16,21H,2,12-15,17H2,1H3,(H2,24,25,26). The lowest BCUT2D eigenvalue weighted by atomic mass is 10.0. The fourth-order valence-corrected chi connectivity index (χ4v) is 3.69. The zero-order valence-electron chi connectivity index (χ0n) is 16.4. The number of para-hydroxylation sites is 1. The van der Waals surface area contributed by atoms with Gasteiger partial charge in [-0.2, -0.15) is 0 Å². The summed E-state index contributed by atoms with van der Waals surface area (Å²) in [7, 11) is 0. The van der Waals surface area contributed by atoms with Crippen LogP contribution < -0.4 is 20.3 Å². The third-order valence-corrected chi connectivity index (χ3v) is 5.13. The molecule has 0 saturated heterocycles. The molecule has 2 N–H and O–H groups in total. The van der Waals surface area contributed by atoms with Gasteiger partial charge in [0.1, 0.15) is 5.75 Å². The summed E-state index contributed by atoms with van der Waals surface area (Å²) in [6, 6.07) is 17.1. The van der Waals surface area contributed by atoms with Gasteiger partial charge in [-0.05, 0) is 30.7 Å².